The predicted molar refractivity (Wildman–Crippen MR) is 109 cm³/mol. The lowest BCUT2D eigenvalue weighted by Crippen LogP contribution is -2.38. The second-order valence-corrected chi connectivity index (χ2v) is 9.33. The van der Waals surface area contributed by atoms with Gasteiger partial charge in [0.2, 0.25) is 10.0 Å². The Kier molecular flexibility index (Phi) is 6.74. The van der Waals surface area contributed by atoms with E-state index in [1.54, 1.807) is 6.20 Å². The van der Waals surface area contributed by atoms with Crippen molar-refractivity contribution in [3.63, 3.8) is 0 Å². The van der Waals surface area contributed by atoms with Crippen LogP contribution >= 0.6 is 0 Å². The topological polar surface area (TPSA) is 104 Å². The number of alkyl halides is 1. The minimum absolute atomic E-state index is 0.121. The molecule has 2 heterocycles. The van der Waals surface area contributed by atoms with E-state index < -0.39 is 22.7 Å². The van der Waals surface area contributed by atoms with Gasteiger partial charge in [-0.2, -0.15) is 0 Å². The summed E-state index contributed by atoms with van der Waals surface area (Å²) >= 11 is 0. The SMILES string of the molecule is CNS(=O)(=O)CC1CCC(N(C)c2c(C(=O)OCCF)cnc3[nH]ccc23)CC1. The first-order valence-corrected chi connectivity index (χ1v) is 11.3. The molecule has 0 bridgehead atoms. The lowest BCUT2D eigenvalue weighted by Gasteiger charge is -2.36. The Labute approximate surface area is 169 Å². The minimum atomic E-state index is -3.22. The number of aromatic nitrogens is 2. The molecule has 1 aliphatic carbocycles. The number of hydrogen-bond acceptors (Lipinski definition) is 6. The number of anilines is 1. The molecule has 0 atom stereocenters. The van der Waals surface area contributed by atoms with E-state index in [1.165, 1.54) is 13.2 Å². The van der Waals surface area contributed by atoms with Crippen molar-refractivity contribution in [1.29, 1.82) is 0 Å². The number of nitrogens with one attached hydrogen (secondary N) is 2. The van der Waals surface area contributed by atoms with Crippen molar-refractivity contribution in [3.05, 3.63) is 24.0 Å². The molecule has 0 aliphatic heterocycles. The number of nitrogens with zero attached hydrogens (tertiary/aromatic N) is 2. The molecule has 1 fully saturated rings. The monoisotopic (exact) mass is 426 g/mol. The fourth-order valence-corrected chi connectivity index (χ4v) is 5.13. The second kappa shape index (κ2) is 9.08. The molecule has 2 aromatic heterocycles. The summed E-state index contributed by atoms with van der Waals surface area (Å²) in [4.78, 5) is 21.8. The van der Waals surface area contributed by atoms with Gasteiger partial charge in [-0.25, -0.2) is 27.3 Å². The molecule has 160 valence electrons. The first-order valence-electron chi connectivity index (χ1n) is 9.69. The van der Waals surface area contributed by atoms with Gasteiger partial charge in [0.05, 0.1) is 11.4 Å². The minimum Gasteiger partial charge on any atom is -0.459 e. The summed E-state index contributed by atoms with van der Waals surface area (Å²) in [6.45, 7) is -1.03. The van der Waals surface area contributed by atoms with Crippen LogP contribution in [-0.4, -0.2) is 63.5 Å². The summed E-state index contributed by atoms with van der Waals surface area (Å²) < 4.78 is 43.5. The number of halogens is 1. The number of rotatable bonds is 8. The number of carbonyl (C=O) groups excluding carboxylic acids is 1. The second-order valence-electron chi connectivity index (χ2n) is 7.36. The number of H-pyrrole nitrogens is 1. The molecule has 0 saturated heterocycles. The highest BCUT2D eigenvalue weighted by molar-refractivity contribution is 7.89. The van der Waals surface area contributed by atoms with E-state index >= 15 is 0 Å². The molecule has 0 amide bonds. The Morgan fingerprint density at radius 1 is 1.38 bits per heavy atom. The van der Waals surface area contributed by atoms with Gasteiger partial charge in [0, 0.05) is 30.9 Å². The number of pyridine rings is 1. The predicted octanol–water partition coefficient (Wildman–Crippen LogP) is 2.23. The van der Waals surface area contributed by atoms with E-state index in [9.17, 15) is 17.6 Å². The number of carbonyl (C=O) groups is 1. The Hall–Kier alpha value is -2.20. The molecule has 3 rings (SSSR count). The lowest BCUT2D eigenvalue weighted by molar-refractivity contribution is 0.0481. The molecule has 1 saturated carbocycles. The molecule has 2 aromatic rings. The van der Waals surface area contributed by atoms with Crippen LogP contribution in [0.5, 0.6) is 0 Å². The van der Waals surface area contributed by atoms with Gasteiger partial charge >= 0.3 is 5.97 Å². The van der Waals surface area contributed by atoms with Crippen LogP contribution < -0.4 is 9.62 Å². The average Bonchev–Trinajstić information content (AvgIpc) is 3.20. The van der Waals surface area contributed by atoms with E-state index in [2.05, 4.69) is 14.7 Å². The Morgan fingerprint density at radius 2 is 2.10 bits per heavy atom. The Morgan fingerprint density at radius 3 is 2.76 bits per heavy atom. The number of sulfonamides is 1. The number of aromatic amines is 1. The molecule has 2 N–H and O–H groups in total. The van der Waals surface area contributed by atoms with Crippen LogP contribution in [0.3, 0.4) is 0 Å². The van der Waals surface area contributed by atoms with Crippen LogP contribution in [0.1, 0.15) is 36.0 Å². The fourth-order valence-electron chi connectivity index (χ4n) is 4.01. The maximum absolute atomic E-state index is 12.5. The van der Waals surface area contributed by atoms with E-state index in [1.807, 2.05) is 18.0 Å². The van der Waals surface area contributed by atoms with Crippen molar-refractivity contribution >= 4 is 32.7 Å². The molecular weight excluding hydrogens is 399 g/mol. The van der Waals surface area contributed by atoms with Crippen LogP contribution in [0.4, 0.5) is 10.1 Å². The van der Waals surface area contributed by atoms with Crippen LogP contribution in [-0.2, 0) is 14.8 Å². The molecule has 0 aromatic carbocycles. The first kappa shape index (κ1) is 21.5. The van der Waals surface area contributed by atoms with Crippen molar-refractivity contribution in [2.45, 2.75) is 31.7 Å². The molecule has 8 nitrogen and oxygen atoms in total. The van der Waals surface area contributed by atoms with Gasteiger partial charge in [0.15, 0.2) is 0 Å². The first-order chi connectivity index (χ1) is 13.9. The van der Waals surface area contributed by atoms with Crippen molar-refractivity contribution in [3.8, 4) is 0 Å². The summed E-state index contributed by atoms with van der Waals surface area (Å²) in [5.74, 6) is -0.345. The van der Waals surface area contributed by atoms with Crippen LogP contribution in [0, 0.1) is 5.92 Å². The van der Waals surface area contributed by atoms with Crippen molar-refractivity contribution in [1.82, 2.24) is 14.7 Å². The van der Waals surface area contributed by atoms with Crippen LogP contribution in [0.2, 0.25) is 0 Å². The number of ether oxygens (including phenoxy) is 1. The number of hydrogen-bond donors (Lipinski definition) is 2. The van der Waals surface area contributed by atoms with Gasteiger partial charge in [-0.15, -0.1) is 0 Å². The Bertz CT molecular complexity index is 954. The molecule has 0 radical (unpaired) electrons. The lowest BCUT2D eigenvalue weighted by atomic mass is 9.86. The van der Waals surface area contributed by atoms with E-state index in [0.717, 1.165) is 31.1 Å². The maximum atomic E-state index is 12.5. The van der Waals surface area contributed by atoms with E-state index in [-0.39, 0.29) is 24.3 Å². The van der Waals surface area contributed by atoms with Crippen molar-refractivity contribution in [2.75, 3.05) is 38.0 Å². The summed E-state index contributed by atoms with van der Waals surface area (Å²) in [7, 11) is 0.129. The zero-order chi connectivity index (χ0) is 21.0. The Balaban J connectivity index is 1.81. The van der Waals surface area contributed by atoms with E-state index in [0.29, 0.717) is 16.9 Å². The normalized spacial score (nSPS) is 20.0. The highest BCUT2D eigenvalue weighted by Gasteiger charge is 2.30. The number of fused-ring (bicyclic) bond motifs is 1. The molecule has 10 heteroatoms. The zero-order valence-corrected chi connectivity index (χ0v) is 17.5. The van der Waals surface area contributed by atoms with Crippen molar-refractivity contribution in [2.24, 2.45) is 5.92 Å². The third-order valence-electron chi connectivity index (χ3n) is 5.57. The van der Waals surface area contributed by atoms with Gasteiger partial charge in [-0.1, -0.05) is 0 Å². The third-order valence-corrected chi connectivity index (χ3v) is 7.10. The van der Waals surface area contributed by atoms with Gasteiger partial charge in [0.1, 0.15) is 24.5 Å². The summed E-state index contributed by atoms with van der Waals surface area (Å²) in [5, 5.41) is 0.794. The fraction of sp³-hybridized carbons (Fsp3) is 0.579. The molecular formula is C19H27FN4O4S. The van der Waals surface area contributed by atoms with E-state index in [4.69, 9.17) is 4.74 Å². The highest BCUT2D eigenvalue weighted by Crippen LogP contribution is 2.35. The van der Waals surface area contributed by atoms with Gasteiger partial charge < -0.3 is 14.6 Å². The summed E-state index contributed by atoms with van der Waals surface area (Å²) in [6.07, 6.45) is 6.42. The molecule has 29 heavy (non-hydrogen) atoms. The number of esters is 1. The third kappa shape index (κ3) is 4.87. The molecule has 0 unspecified atom stereocenters. The van der Waals surface area contributed by atoms with Crippen LogP contribution in [0.15, 0.2) is 18.5 Å². The highest BCUT2D eigenvalue weighted by atomic mass is 32.2. The average molecular weight is 427 g/mol. The maximum Gasteiger partial charge on any atom is 0.341 e. The van der Waals surface area contributed by atoms with Gasteiger partial charge in [-0.3, -0.25) is 0 Å². The zero-order valence-electron chi connectivity index (χ0n) is 16.7. The molecule has 0 spiro atoms. The smallest absolute Gasteiger partial charge is 0.341 e. The van der Waals surface area contributed by atoms with Crippen molar-refractivity contribution < 1.29 is 22.3 Å². The van der Waals surface area contributed by atoms with Gasteiger partial charge in [-0.05, 0) is 44.7 Å². The van der Waals surface area contributed by atoms with Crippen LogP contribution in [0.25, 0.3) is 11.0 Å². The standard InChI is InChI=1S/C19H27FN4O4S/c1-21-29(26,27)12-13-3-5-14(6-4-13)24(2)17-15-7-9-22-18(15)23-11-16(17)19(25)28-10-8-20/h7,9,11,13-14,21H,3-6,8,10,12H2,1-2H3,(H,22,23). The quantitative estimate of drug-likeness (QED) is 0.628. The summed E-state index contributed by atoms with van der Waals surface area (Å²) in [5.41, 5.74) is 1.65. The molecule has 1 aliphatic rings. The largest absolute Gasteiger partial charge is 0.459 e. The summed E-state index contributed by atoms with van der Waals surface area (Å²) in [6, 6.07) is 2.00. The van der Waals surface area contributed by atoms with Gasteiger partial charge in [0.25, 0.3) is 0 Å².